The lowest BCUT2D eigenvalue weighted by atomic mass is 10.1. The Balaban J connectivity index is 1.60. The Kier molecular flexibility index (Phi) is 5.67. The van der Waals surface area contributed by atoms with Crippen LogP contribution in [-0.4, -0.2) is 39.1 Å². The Hall–Kier alpha value is -3.78. The molecule has 4 aromatic rings. The summed E-state index contributed by atoms with van der Waals surface area (Å²) in [5.41, 5.74) is 3.42. The van der Waals surface area contributed by atoms with Gasteiger partial charge in [0.05, 0.1) is 23.4 Å². The summed E-state index contributed by atoms with van der Waals surface area (Å²) in [7, 11) is 1.48. The van der Waals surface area contributed by atoms with Crippen LogP contribution in [0.4, 0.5) is 11.5 Å². The molecule has 0 saturated carbocycles. The van der Waals surface area contributed by atoms with Crippen LogP contribution < -0.4 is 10.6 Å². The number of fused-ring (bicyclic) bond motifs is 1. The van der Waals surface area contributed by atoms with Crippen LogP contribution >= 0.6 is 0 Å². The second-order valence-electron chi connectivity index (χ2n) is 6.84. The minimum atomic E-state index is -0.219. The second-order valence-corrected chi connectivity index (χ2v) is 6.84. The fourth-order valence-corrected chi connectivity index (χ4v) is 3.18. The van der Waals surface area contributed by atoms with Crippen molar-refractivity contribution >= 4 is 28.4 Å². The highest BCUT2D eigenvalue weighted by Gasteiger charge is 2.11. The van der Waals surface area contributed by atoms with Gasteiger partial charge < -0.3 is 15.4 Å². The van der Waals surface area contributed by atoms with E-state index in [2.05, 4.69) is 39.7 Å². The van der Waals surface area contributed by atoms with Crippen molar-refractivity contribution in [3.8, 4) is 5.82 Å². The molecule has 0 aliphatic rings. The molecule has 2 heterocycles. The third-order valence-corrected chi connectivity index (χ3v) is 4.64. The lowest BCUT2D eigenvalue weighted by Gasteiger charge is -2.15. The largest absolute Gasteiger partial charge is 0.375 e. The zero-order chi connectivity index (χ0) is 20.9. The molecule has 0 aliphatic carbocycles. The Morgan fingerprint density at radius 1 is 1.17 bits per heavy atom. The molecule has 0 aliphatic heterocycles. The summed E-state index contributed by atoms with van der Waals surface area (Å²) in [4.78, 5) is 25.3. The lowest BCUT2D eigenvalue weighted by Crippen LogP contribution is -2.17. The van der Waals surface area contributed by atoms with Crippen LogP contribution in [0.5, 0.6) is 0 Å². The predicted molar refractivity (Wildman–Crippen MR) is 116 cm³/mol. The number of carbonyl (C=O) groups is 1. The average Bonchev–Trinajstić information content (AvgIpc) is 3.18. The quantitative estimate of drug-likeness (QED) is 0.491. The van der Waals surface area contributed by atoms with Gasteiger partial charge in [0.15, 0.2) is 5.82 Å². The fraction of sp³-hybridized carbons (Fsp3) is 0.182. The number of carbonyl (C=O) groups excluding carboxylic acids is 1. The number of hydrogen-bond donors (Lipinski definition) is 2. The number of imidazole rings is 1. The SMILES string of the molecule is COCC(=O)Nc1ccc2ncn(-c3cncc(N[C@@H](C)c4ccccc4)n3)c2c1. The highest BCUT2D eigenvalue weighted by molar-refractivity contribution is 5.94. The first kappa shape index (κ1) is 19.5. The molecule has 8 heteroatoms. The van der Waals surface area contributed by atoms with Gasteiger partial charge in [0.1, 0.15) is 18.8 Å². The highest BCUT2D eigenvalue weighted by atomic mass is 16.5. The monoisotopic (exact) mass is 402 g/mol. The van der Waals surface area contributed by atoms with E-state index in [1.54, 1.807) is 24.8 Å². The number of nitrogens with one attached hydrogen (secondary N) is 2. The molecule has 8 nitrogen and oxygen atoms in total. The van der Waals surface area contributed by atoms with E-state index in [-0.39, 0.29) is 18.6 Å². The topological polar surface area (TPSA) is 94.0 Å². The molecule has 1 atom stereocenters. The van der Waals surface area contributed by atoms with Gasteiger partial charge in [0.2, 0.25) is 5.91 Å². The van der Waals surface area contributed by atoms with Crippen LogP contribution in [0.3, 0.4) is 0 Å². The van der Waals surface area contributed by atoms with Gasteiger partial charge in [-0.15, -0.1) is 0 Å². The van der Waals surface area contributed by atoms with Crippen LogP contribution in [0.2, 0.25) is 0 Å². The fourth-order valence-electron chi connectivity index (χ4n) is 3.18. The Morgan fingerprint density at radius 3 is 2.80 bits per heavy atom. The van der Waals surface area contributed by atoms with Crippen molar-refractivity contribution in [2.24, 2.45) is 0 Å². The molecule has 4 rings (SSSR count). The first-order valence-electron chi connectivity index (χ1n) is 9.54. The van der Waals surface area contributed by atoms with E-state index in [0.717, 1.165) is 16.6 Å². The Labute approximate surface area is 174 Å². The summed E-state index contributed by atoms with van der Waals surface area (Å²) in [5.74, 6) is 1.07. The summed E-state index contributed by atoms with van der Waals surface area (Å²) in [6.45, 7) is 2.07. The van der Waals surface area contributed by atoms with Gasteiger partial charge in [0.25, 0.3) is 0 Å². The number of anilines is 2. The first-order chi connectivity index (χ1) is 14.6. The summed E-state index contributed by atoms with van der Waals surface area (Å²) in [6, 6.07) is 15.7. The number of methoxy groups -OCH3 is 1. The number of rotatable bonds is 7. The van der Waals surface area contributed by atoms with E-state index in [0.29, 0.717) is 17.3 Å². The molecule has 0 bridgehead atoms. The molecule has 2 aromatic heterocycles. The maximum Gasteiger partial charge on any atom is 0.250 e. The summed E-state index contributed by atoms with van der Waals surface area (Å²) < 4.78 is 6.70. The van der Waals surface area contributed by atoms with E-state index >= 15 is 0 Å². The molecule has 0 fully saturated rings. The van der Waals surface area contributed by atoms with Gasteiger partial charge in [0, 0.05) is 18.8 Å². The number of hydrogen-bond acceptors (Lipinski definition) is 6. The van der Waals surface area contributed by atoms with E-state index in [1.807, 2.05) is 34.9 Å². The third kappa shape index (κ3) is 4.28. The van der Waals surface area contributed by atoms with Crippen LogP contribution in [0, 0.1) is 0 Å². The van der Waals surface area contributed by atoms with Gasteiger partial charge in [-0.1, -0.05) is 30.3 Å². The molecule has 30 heavy (non-hydrogen) atoms. The van der Waals surface area contributed by atoms with Crippen LogP contribution in [0.1, 0.15) is 18.5 Å². The molecule has 1 amide bonds. The van der Waals surface area contributed by atoms with E-state index in [9.17, 15) is 4.79 Å². The van der Waals surface area contributed by atoms with Crippen molar-refractivity contribution < 1.29 is 9.53 Å². The number of benzene rings is 2. The summed E-state index contributed by atoms with van der Waals surface area (Å²) >= 11 is 0. The molecule has 0 unspecified atom stereocenters. The number of amides is 1. The highest BCUT2D eigenvalue weighted by Crippen LogP contribution is 2.22. The molecular weight excluding hydrogens is 380 g/mol. The predicted octanol–water partition coefficient (Wildman–Crippen LogP) is 3.57. The smallest absolute Gasteiger partial charge is 0.250 e. The van der Waals surface area contributed by atoms with Gasteiger partial charge in [-0.05, 0) is 30.7 Å². The number of aromatic nitrogens is 4. The van der Waals surface area contributed by atoms with Crippen LogP contribution in [-0.2, 0) is 9.53 Å². The van der Waals surface area contributed by atoms with Crippen molar-refractivity contribution in [3.05, 3.63) is 72.8 Å². The van der Waals surface area contributed by atoms with Crippen LogP contribution in [0.25, 0.3) is 16.9 Å². The number of ether oxygens (including phenoxy) is 1. The van der Waals surface area contributed by atoms with Gasteiger partial charge in [-0.2, -0.15) is 0 Å². The first-order valence-corrected chi connectivity index (χ1v) is 9.54. The van der Waals surface area contributed by atoms with Crippen molar-refractivity contribution in [1.29, 1.82) is 0 Å². The minimum absolute atomic E-state index is 0.00388. The Morgan fingerprint density at radius 2 is 2.00 bits per heavy atom. The molecule has 2 N–H and O–H groups in total. The van der Waals surface area contributed by atoms with E-state index in [1.165, 1.54) is 7.11 Å². The van der Waals surface area contributed by atoms with Gasteiger partial charge in [-0.3, -0.25) is 14.3 Å². The maximum atomic E-state index is 11.8. The van der Waals surface area contributed by atoms with E-state index < -0.39 is 0 Å². The number of nitrogens with zero attached hydrogens (tertiary/aromatic N) is 4. The van der Waals surface area contributed by atoms with Gasteiger partial charge in [-0.25, -0.2) is 9.97 Å². The van der Waals surface area contributed by atoms with Crippen molar-refractivity contribution in [3.63, 3.8) is 0 Å². The zero-order valence-electron chi connectivity index (χ0n) is 16.7. The van der Waals surface area contributed by atoms with Crippen molar-refractivity contribution in [1.82, 2.24) is 19.5 Å². The lowest BCUT2D eigenvalue weighted by molar-refractivity contribution is -0.119. The molecule has 152 valence electrons. The second kappa shape index (κ2) is 8.71. The maximum absolute atomic E-state index is 11.8. The summed E-state index contributed by atoms with van der Waals surface area (Å²) in [5, 5.41) is 6.19. The van der Waals surface area contributed by atoms with Gasteiger partial charge >= 0.3 is 0 Å². The normalized spacial score (nSPS) is 11.9. The standard InChI is InChI=1S/C22H22N6O2/c1-15(16-6-4-3-5-7-16)25-20-11-23-12-21(27-20)28-14-24-18-9-8-17(10-19(18)28)26-22(29)13-30-2/h3-12,14-15H,13H2,1-2H3,(H,25,27)(H,26,29)/t15-/m0/s1. The third-order valence-electron chi connectivity index (χ3n) is 4.64. The summed E-state index contributed by atoms with van der Waals surface area (Å²) in [6.07, 6.45) is 5.06. The van der Waals surface area contributed by atoms with Crippen LogP contribution in [0.15, 0.2) is 67.3 Å². The molecule has 0 spiro atoms. The molecule has 0 saturated heterocycles. The van der Waals surface area contributed by atoms with E-state index in [4.69, 9.17) is 9.72 Å². The average molecular weight is 402 g/mol. The van der Waals surface area contributed by atoms with Crippen molar-refractivity contribution in [2.75, 3.05) is 24.4 Å². The zero-order valence-corrected chi connectivity index (χ0v) is 16.7. The van der Waals surface area contributed by atoms with Crippen molar-refractivity contribution in [2.45, 2.75) is 13.0 Å². The molecule has 2 aromatic carbocycles. The Bertz CT molecular complexity index is 1160. The minimum Gasteiger partial charge on any atom is -0.375 e. The molecular formula is C22H22N6O2. The molecule has 0 radical (unpaired) electrons.